The van der Waals surface area contributed by atoms with Gasteiger partial charge < -0.3 is 24.0 Å². The molecule has 0 amide bonds. The summed E-state index contributed by atoms with van der Waals surface area (Å²) in [4.78, 5) is 22.0. The van der Waals surface area contributed by atoms with Crippen LogP contribution in [0.2, 0.25) is 0 Å². The number of nitrogens with zero attached hydrogens (tertiary/aromatic N) is 5. The zero-order valence-electron chi connectivity index (χ0n) is 32.6. The van der Waals surface area contributed by atoms with E-state index in [0.717, 1.165) is 54.9 Å². The number of anilines is 2. The van der Waals surface area contributed by atoms with E-state index in [-0.39, 0.29) is 67.7 Å². The molecule has 6 heterocycles. The number of sulfonamides is 1. The standard InChI is InChI=1S/C23H30N6O4S2.C6H13N.C5H10.CH2BClF2.FH.K/c1-15-17(14-28-6-4-5-7-28)20-21(34-15)19(25-23(26-20)29-8-10-33-11-9-29)16-12-18(27-35(3,30)31)22(32-2)24-13-16;1-2-7-5-3-4-6-7;1-2-4-5-3-1;3-1-2(4)5;;/h12-13,27H,4-11,14H2,1-3H3;2-6H2,1H3;1-5H2;1H2;1H;/q;;;;;+1. The summed E-state index contributed by atoms with van der Waals surface area (Å²) < 4.78 is 59.5. The van der Waals surface area contributed by atoms with Gasteiger partial charge in [0.05, 0.1) is 67.9 Å². The van der Waals surface area contributed by atoms with Gasteiger partial charge in [0, 0.05) is 54.7 Å². The van der Waals surface area contributed by atoms with Crippen LogP contribution in [0.25, 0.3) is 21.5 Å². The second-order valence-electron chi connectivity index (χ2n) is 13.5. The second kappa shape index (κ2) is 25.5. The Morgan fingerprint density at radius 3 is 2.11 bits per heavy atom. The van der Waals surface area contributed by atoms with Crippen LogP contribution in [-0.4, -0.2) is 114 Å². The minimum absolute atomic E-state index is 0. The minimum atomic E-state index is -3.52. The minimum Gasteiger partial charge on any atom is -1.00 e. The average molecular weight is 845 g/mol. The molecule has 2 N–H and O–H groups in total. The van der Waals surface area contributed by atoms with Crippen molar-refractivity contribution >= 4 is 62.1 Å². The molecule has 0 aromatic carbocycles. The summed E-state index contributed by atoms with van der Waals surface area (Å²) in [7, 11) is -4.41. The number of thiophene rings is 1. The molecule has 0 atom stereocenters. The molecule has 3 aromatic heterocycles. The molecule has 298 valence electrons. The van der Waals surface area contributed by atoms with Gasteiger partial charge in [-0.05, 0) is 45.8 Å². The van der Waals surface area contributed by atoms with Crippen molar-refractivity contribution in [3.8, 4) is 17.1 Å². The van der Waals surface area contributed by atoms with Gasteiger partial charge in [-0.2, -0.15) is 0 Å². The number of rotatable bonds is 9. The van der Waals surface area contributed by atoms with Crippen molar-refractivity contribution in [1.82, 2.24) is 19.9 Å². The number of halogens is 4. The third-order valence-electron chi connectivity index (χ3n) is 9.48. The average Bonchev–Trinajstić information content (AvgIpc) is 3.99. The van der Waals surface area contributed by atoms with Crippen molar-refractivity contribution in [3.05, 3.63) is 22.7 Å². The summed E-state index contributed by atoms with van der Waals surface area (Å²) >= 11 is 6.26. The number of methoxy groups -OCH3 is 1. The van der Waals surface area contributed by atoms with Gasteiger partial charge in [-0.3, -0.25) is 18.3 Å². The normalized spacial score (nSPS) is 17.2. The fourth-order valence-electron chi connectivity index (χ4n) is 6.70. The summed E-state index contributed by atoms with van der Waals surface area (Å²) in [5.74, 6) is 0.305. The van der Waals surface area contributed by atoms with Gasteiger partial charge in [-0.25, -0.2) is 23.4 Å². The number of likely N-dealkylation sites (tertiary alicyclic amines) is 2. The first-order chi connectivity index (χ1) is 25.0. The molecule has 0 unspecified atom stereocenters. The third kappa shape index (κ3) is 15.9. The first kappa shape index (κ1) is 49.3. The van der Waals surface area contributed by atoms with E-state index >= 15 is 0 Å². The number of hydrogen-bond donors (Lipinski definition) is 2. The van der Waals surface area contributed by atoms with Crippen molar-refractivity contribution < 1.29 is 87.5 Å². The first-order valence-corrected chi connectivity index (χ1v) is 21.8. The summed E-state index contributed by atoms with van der Waals surface area (Å²) in [6, 6.07) is 1.73. The van der Waals surface area contributed by atoms with Crippen LogP contribution in [0.4, 0.5) is 20.3 Å². The van der Waals surface area contributed by atoms with Crippen molar-refractivity contribution in [2.24, 2.45) is 0 Å². The van der Waals surface area contributed by atoms with E-state index in [2.05, 4.69) is 45.0 Å². The second-order valence-corrected chi connectivity index (χ2v) is 16.8. The molecular weight excluding hydrogens is 789 g/mol. The molecule has 7 rings (SSSR count). The zero-order valence-corrected chi connectivity index (χ0v) is 38.1. The Hall–Kier alpha value is -0.799. The molecule has 3 saturated heterocycles. The first-order valence-electron chi connectivity index (χ1n) is 18.6. The van der Waals surface area contributed by atoms with Crippen LogP contribution >= 0.6 is 22.9 Å². The molecular formula is C35H56BClF3KN7O4S2+. The van der Waals surface area contributed by atoms with Crippen LogP contribution in [0.15, 0.2) is 12.3 Å². The predicted octanol–water partition coefficient (Wildman–Crippen LogP) is -0.291. The summed E-state index contributed by atoms with van der Waals surface area (Å²) in [5, 5.41) is 0. The fraction of sp³-hybridized carbons (Fsp3) is 0.686. The molecule has 3 aromatic rings. The van der Waals surface area contributed by atoms with Crippen LogP contribution < -0.4 is 75.3 Å². The Kier molecular flexibility index (Phi) is 23.3. The molecule has 1 saturated carbocycles. The Labute approximate surface area is 371 Å². The number of fused-ring (bicyclic) bond motifs is 1. The Morgan fingerprint density at radius 1 is 1.02 bits per heavy atom. The molecule has 3 aliphatic heterocycles. The van der Waals surface area contributed by atoms with Gasteiger partial charge >= 0.3 is 58.7 Å². The number of morpholine rings is 1. The van der Waals surface area contributed by atoms with Crippen LogP contribution in [-0.2, 0) is 21.3 Å². The predicted molar refractivity (Wildman–Crippen MR) is 210 cm³/mol. The monoisotopic (exact) mass is 844 g/mol. The van der Waals surface area contributed by atoms with Crippen molar-refractivity contribution in [2.75, 3.05) is 87.8 Å². The summed E-state index contributed by atoms with van der Waals surface area (Å²) in [6.07, 6.45) is 15.7. The van der Waals surface area contributed by atoms with E-state index < -0.39 is 23.1 Å². The van der Waals surface area contributed by atoms with Crippen LogP contribution in [0.3, 0.4) is 0 Å². The molecule has 0 bridgehead atoms. The van der Waals surface area contributed by atoms with Crippen molar-refractivity contribution in [2.45, 2.75) is 78.2 Å². The van der Waals surface area contributed by atoms with Crippen molar-refractivity contribution in [3.63, 3.8) is 0 Å². The SMILES string of the molecule is C1CCCC1.CC[NH+]1CCCC1.COc1ncc(-c2nc(N3CCOCC3)nc3c(CN4CCCC4)c(C)sc23)cc1NS(C)(=O)=O.FB(F)CCl.[F-].[K+]. The molecule has 4 aliphatic rings. The van der Waals surface area contributed by atoms with Crippen LogP contribution in [0.1, 0.15) is 75.2 Å². The maximum Gasteiger partial charge on any atom is 1.00 e. The topological polar surface area (TPSA) is 114 Å². The molecule has 19 heteroatoms. The number of ether oxygens (including phenoxy) is 2. The molecule has 1 aliphatic carbocycles. The van der Waals surface area contributed by atoms with E-state index in [1.54, 1.807) is 28.5 Å². The van der Waals surface area contributed by atoms with E-state index in [1.807, 2.05) is 0 Å². The van der Waals surface area contributed by atoms with E-state index in [4.69, 9.17) is 19.4 Å². The van der Waals surface area contributed by atoms with Crippen LogP contribution in [0.5, 0.6) is 5.88 Å². The number of aryl methyl sites for hydroxylation is 1. The quantitative estimate of drug-likeness (QED) is 0.222. The number of quaternary nitrogens is 1. The maximum absolute atomic E-state index is 12.0. The zero-order chi connectivity index (χ0) is 37.5. The van der Waals surface area contributed by atoms with Crippen molar-refractivity contribution in [1.29, 1.82) is 0 Å². The number of nitrogens with one attached hydrogen (secondary N) is 2. The Morgan fingerprint density at radius 2 is 1.61 bits per heavy atom. The van der Waals surface area contributed by atoms with Gasteiger partial charge in [-0.15, -0.1) is 22.9 Å². The van der Waals surface area contributed by atoms with E-state index in [1.165, 1.54) is 95.0 Å². The number of alkyl halides is 1. The molecule has 54 heavy (non-hydrogen) atoms. The molecule has 0 radical (unpaired) electrons. The largest absolute Gasteiger partial charge is 1.00 e. The maximum atomic E-state index is 12.0. The number of hydrogen-bond acceptors (Lipinski definition) is 10. The molecule has 11 nitrogen and oxygen atoms in total. The Bertz CT molecular complexity index is 1640. The summed E-state index contributed by atoms with van der Waals surface area (Å²) in [5.41, 5.74) is 3.91. The smallest absolute Gasteiger partial charge is 1.00 e. The molecule has 0 spiro atoms. The van der Waals surface area contributed by atoms with Gasteiger partial charge in [0.15, 0.2) is 0 Å². The number of pyridine rings is 1. The third-order valence-corrected chi connectivity index (χ3v) is 11.5. The molecule has 4 fully saturated rings. The van der Waals surface area contributed by atoms with Gasteiger partial charge in [-0.1, -0.05) is 32.1 Å². The Balaban J connectivity index is 0.000000437. The van der Waals surface area contributed by atoms with Crippen LogP contribution in [0, 0.1) is 6.92 Å². The number of aromatic nitrogens is 3. The fourth-order valence-corrected chi connectivity index (χ4v) is 8.36. The van der Waals surface area contributed by atoms with Gasteiger partial charge in [0.2, 0.25) is 21.9 Å². The van der Waals surface area contributed by atoms with E-state index in [9.17, 15) is 17.0 Å². The van der Waals surface area contributed by atoms with Gasteiger partial charge in [0.25, 0.3) is 0 Å². The summed E-state index contributed by atoms with van der Waals surface area (Å²) in [6.45, 7) is 14.4. The van der Waals surface area contributed by atoms with E-state index in [0.29, 0.717) is 24.7 Å². The van der Waals surface area contributed by atoms with Gasteiger partial charge in [0.1, 0.15) is 5.69 Å².